The van der Waals surface area contributed by atoms with Gasteiger partial charge in [-0.15, -0.1) is 0 Å². The second-order valence-electron chi connectivity index (χ2n) is 7.69. The van der Waals surface area contributed by atoms with Gasteiger partial charge in [-0.05, 0) is 6.07 Å². The van der Waals surface area contributed by atoms with E-state index in [1.54, 1.807) is 23.1 Å². The van der Waals surface area contributed by atoms with Gasteiger partial charge < -0.3 is 34.4 Å². The zero-order valence-corrected chi connectivity index (χ0v) is 17.2. The molecule has 30 heavy (non-hydrogen) atoms. The summed E-state index contributed by atoms with van der Waals surface area (Å²) in [6, 6.07) is 4.94. The maximum atomic E-state index is 11.6. The molecule has 10 nitrogen and oxygen atoms in total. The number of carbonyl (C=O) groups excluding carboxylic acids is 1. The van der Waals surface area contributed by atoms with Gasteiger partial charge >= 0.3 is 0 Å². The Morgan fingerprint density at radius 2 is 2.03 bits per heavy atom. The quantitative estimate of drug-likeness (QED) is 0.533. The van der Waals surface area contributed by atoms with E-state index < -0.39 is 42.6 Å². The first-order valence-corrected chi connectivity index (χ1v) is 9.90. The summed E-state index contributed by atoms with van der Waals surface area (Å²) in [5, 5.41) is 29.6. The van der Waals surface area contributed by atoms with Crippen molar-refractivity contribution in [3.63, 3.8) is 0 Å². The van der Waals surface area contributed by atoms with E-state index in [0.717, 1.165) is 0 Å². The van der Waals surface area contributed by atoms with E-state index in [4.69, 9.17) is 35.6 Å². The van der Waals surface area contributed by atoms with Gasteiger partial charge in [0.25, 0.3) is 5.79 Å². The molecule has 1 aromatic carbocycles. The number of rotatable bonds is 5. The predicted octanol–water partition coefficient (Wildman–Crippen LogP) is -0.0902. The summed E-state index contributed by atoms with van der Waals surface area (Å²) in [5.41, 5.74) is -0.467. The summed E-state index contributed by atoms with van der Waals surface area (Å²) >= 11 is 6.60. The lowest BCUT2D eigenvalue weighted by molar-refractivity contribution is -0.631. The van der Waals surface area contributed by atoms with Gasteiger partial charge in [0.05, 0.1) is 30.8 Å². The smallest absolute Gasteiger partial charge is 0.265 e. The molecule has 3 N–H and O–H groups in total. The molecule has 3 fully saturated rings. The third-order valence-electron chi connectivity index (χ3n) is 5.82. The fourth-order valence-corrected chi connectivity index (χ4v) is 4.32. The van der Waals surface area contributed by atoms with Crippen LogP contribution in [0.15, 0.2) is 18.2 Å². The van der Waals surface area contributed by atoms with Crippen molar-refractivity contribution >= 4 is 17.5 Å². The van der Waals surface area contributed by atoms with Gasteiger partial charge in [0.15, 0.2) is 5.60 Å². The number of likely N-dealkylation sites (tertiary alicyclic amines) is 1. The SMILES string of the molecule is COC1(c2cccc(OC3OC(CO)C(O)CC3O)c2Cl)OOC12CN(C(C)=O)C2. The van der Waals surface area contributed by atoms with E-state index in [2.05, 4.69) is 0 Å². The van der Waals surface area contributed by atoms with E-state index in [9.17, 15) is 20.1 Å². The molecule has 0 radical (unpaired) electrons. The minimum absolute atomic E-state index is 0.0177. The van der Waals surface area contributed by atoms with Gasteiger partial charge in [-0.1, -0.05) is 23.7 Å². The maximum Gasteiger partial charge on any atom is 0.265 e. The van der Waals surface area contributed by atoms with Gasteiger partial charge in [-0.3, -0.25) is 4.79 Å². The summed E-state index contributed by atoms with van der Waals surface area (Å²) < 4.78 is 16.9. The van der Waals surface area contributed by atoms with E-state index in [-0.39, 0.29) is 36.2 Å². The number of hydrogen-bond acceptors (Lipinski definition) is 9. The number of ether oxygens (including phenoxy) is 3. The van der Waals surface area contributed by atoms with Crippen LogP contribution in [0.2, 0.25) is 5.02 Å². The number of nitrogens with zero attached hydrogens (tertiary/aromatic N) is 1. The molecule has 3 heterocycles. The van der Waals surface area contributed by atoms with Crippen LogP contribution in [-0.2, 0) is 29.8 Å². The fourth-order valence-electron chi connectivity index (χ4n) is 4.03. The second-order valence-corrected chi connectivity index (χ2v) is 8.07. The van der Waals surface area contributed by atoms with Crippen molar-refractivity contribution in [3.05, 3.63) is 28.8 Å². The largest absolute Gasteiger partial charge is 0.461 e. The molecule has 3 saturated heterocycles. The first-order chi connectivity index (χ1) is 14.3. The average Bonchev–Trinajstić information content (AvgIpc) is 2.65. The van der Waals surface area contributed by atoms with Crippen molar-refractivity contribution in [3.8, 4) is 5.75 Å². The van der Waals surface area contributed by atoms with Crippen molar-refractivity contribution in [2.75, 3.05) is 26.8 Å². The molecule has 3 aliphatic rings. The van der Waals surface area contributed by atoms with Crippen LogP contribution in [0.5, 0.6) is 5.75 Å². The molecule has 0 bridgehead atoms. The number of aliphatic hydroxyl groups is 3. The number of halogens is 1. The third kappa shape index (κ3) is 3.19. The Kier molecular flexibility index (Phi) is 5.71. The summed E-state index contributed by atoms with van der Waals surface area (Å²) in [7, 11) is 1.45. The molecule has 0 aliphatic carbocycles. The summed E-state index contributed by atoms with van der Waals surface area (Å²) in [6.45, 7) is 1.60. The fraction of sp³-hybridized carbons (Fsp3) is 0.632. The summed E-state index contributed by atoms with van der Waals surface area (Å²) in [6.07, 6.45) is -4.17. The summed E-state index contributed by atoms with van der Waals surface area (Å²) in [4.78, 5) is 23.9. The highest BCUT2D eigenvalue weighted by atomic mass is 35.5. The zero-order chi connectivity index (χ0) is 21.7. The highest BCUT2D eigenvalue weighted by molar-refractivity contribution is 6.33. The van der Waals surface area contributed by atoms with Gasteiger partial charge in [0, 0.05) is 26.0 Å². The van der Waals surface area contributed by atoms with Crippen molar-refractivity contribution in [2.45, 2.75) is 49.3 Å². The van der Waals surface area contributed by atoms with Crippen molar-refractivity contribution in [1.29, 1.82) is 0 Å². The number of benzene rings is 1. The summed E-state index contributed by atoms with van der Waals surface area (Å²) in [5.74, 6) is -1.24. The van der Waals surface area contributed by atoms with Gasteiger partial charge in [0.2, 0.25) is 12.2 Å². The molecular weight excluding hydrogens is 422 g/mol. The van der Waals surface area contributed by atoms with Crippen LogP contribution in [0.3, 0.4) is 0 Å². The zero-order valence-electron chi connectivity index (χ0n) is 16.5. The molecule has 0 saturated carbocycles. The van der Waals surface area contributed by atoms with Crippen LogP contribution in [0.1, 0.15) is 18.9 Å². The van der Waals surface area contributed by atoms with Crippen LogP contribution in [0.25, 0.3) is 0 Å². The van der Waals surface area contributed by atoms with Gasteiger partial charge in [-0.2, -0.15) is 4.89 Å². The first-order valence-electron chi connectivity index (χ1n) is 9.52. The number of methoxy groups -OCH3 is 1. The van der Waals surface area contributed by atoms with E-state index >= 15 is 0 Å². The van der Waals surface area contributed by atoms with Crippen molar-refractivity contribution in [2.24, 2.45) is 0 Å². The molecule has 166 valence electrons. The van der Waals surface area contributed by atoms with E-state index in [1.165, 1.54) is 14.0 Å². The lowest BCUT2D eigenvalue weighted by Gasteiger charge is -2.62. The minimum Gasteiger partial charge on any atom is -0.461 e. The van der Waals surface area contributed by atoms with Crippen LogP contribution in [-0.4, -0.2) is 83.1 Å². The Labute approximate surface area is 177 Å². The average molecular weight is 446 g/mol. The Balaban J connectivity index is 1.58. The molecule has 3 aliphatic heterocycles. The number of hydrogen-bond donors (Lipinski definition) is 3. The topological polar surface area (TPSA) is 127 Å². The normalized spacial score (nSPS) is 34.9. The van der Waals surface area contributed by atoms with Gasteiger partial charge in [0.1, 0.15) is 18.0 Å². The third-order valence-corrected chi connectivity index (χ3v) is 6.21. The Morgan fingerprint density at radius 1 is 1.30 bits per heavy atom. The highest BCUT2D eigenvalue weighted by Crippen LogP contribution is 2.56. The Hall–Kier alpha value is -1.50. The molecule has 5 atom stereocenters. The molecule has 1 spiro atoms. The monoisotopic (exact) mass is 445 g/mol. The van der Waals surface area contributed by atoms with E-state index in [0.29, 0.717) is 5.56 Å². The lowest BCUT2D eigenvalue weighted by atomic mass is 9.78. The van der Waals surface area contributed by atoms with Gasteiger partial charge in [-0.25, -0.2) is 4.89 Å². The molecule has 11 heteroatoms. The molecular formula is C19H24ClNO9. The maximum absolute atomic E-state index is 11.6. The van der Waals surface area contributed by atoms with Crippen molar-refractivity contribution < 1.29 is 44.1 Å². The van der Waals surface area contributed by atoms with E-state index in [1.807, 2.05) is 0 Å². The Morgan fingerprint density at radius 3 is 2.60 bits per heavy atom. The Bertz CT molecular complexity index is 813. The predicted molar refractivity (Wildman–Crippen MR) is 100 cm³/mol. The molecule has 5 unspecified atom stereocenters. The van der Waals surface area contributed by atoms with Crippen LogP contribution in [0.4, 0.5) is 0 Å². The first kappa shape index (κ1) is 21.7. The van der Waals surface area contributed by atoms with Crippen LogP contribution < -0.4 is 4.74 Å². The molecule has 1 amide bonds. The number of amides is 1. The number of carbonyl (C=O) groups is 1. The minimum atomic E-state index is -1.34. The highest BCUT2D eigenvalue weighted by Gasteiger charge is 2.73. The second kappa shape index (κ2) is 7.88. The lowest BCUT2D eigenvalue weighted by Crippen LogP contribution is -2.80. The molecule has 4 rings (SSSR count). The standard InChI is InChI=1S/C19H24ClNO9/c1-10(23)21-8-18(9-21)19(26-2,30-29-18)11-4-3-5-14(16(11)20)27-17-13(25)6-12(24)15(7-22)28-17/h3-5,12-13,15,17,22,24-25H,6-9H2,1-2H3. The van der Waals surface area contributed by atoms with Crippen LogP contribution in [0, 0.1) is 0 Å². The van der Waals surface area contributed by atoms with Crippen molar-refractivity contribution in [1.82, 2.24) is 4.90 Å². The van der Waals surface area contributed by atoms with Crippen LogP contribution >= 0.6 is 11.6 Å². The number of aliphatic hydroxyl groups excluding tert-OH is 3. The molecule has 0 aromatic heterocycles. The molecule has 1 aromatic rings.